The third-order valence-electron chi connectivity index (χ3n) is 5.45. The van der Waals surface area contributed by atoms with Crippen LogP contribution in [-0.2, 0) is 9.53 Å². The second-order valence-electron chi connectivity index (χ2n) is 7.60. The van der Waals surface area contributed by atoms with Crippen molar-refractivity contribution in [1.82, 2.24) is 5.32 Å². The third-order valence-corrected chi connectivity index (χ3v) is 5.45. The van der Waals surface area contributed by atoms with Gasteiger partial charge in [-0.3, -0.25) is 4.79 Å². The van der Waals surface area contributed by atoms with Gasteiger partial charge in [-0.15, -0.1) is 0 Å². The summed E-state index contributed by atoms with van der Waals surface area (Å²) >= 11 is 0. The molecule has 164 valence electrons. The van der Waals surface area contributed by atoms with Crippen molar-refractivity contribution in [3.05, 3.63) is 114 Å². The summed E-state index contributed by atoms with van der Waals surface area (Å²) in [6.07, 6.45) is 1.69. The van der Waals surface area contributed by atoms with Crippen molar-refractivity contribution >= 4 is 22.6 Å². The van der Waals surface area contributed by atoms with E-state index < -0.39 is 0 Å². The summed E-state index contributed by atoms with van der Waals surface area (Å²) in [6, 6.07) is 29.1. The molecule has 0 unspecified atom stereocenters. The van der Waals surface area contributed by atoms with Crippen LogP contribution in [0.2, 0.25) is 0 Å². The van der Waals surface area contributed by atoms with E-state index in [-0.39, 0.29) is 5.91 Å². The van der Waals surface area contributed by atoms with Gasteiger partial charge in [0, 0.05) is 25.8 Å². The van der Waals surface area contributed by atoms with Gasteiger partial charge in [-0.1, -0.05) is 98.4 Å². The zero-order valence-corrected chi connectivity index (χ0v) is 18.9. The molecule has 0 aliphatic heterocycles. The van der Waals surface area contributed by atoms with E-state index in [4.69, 9.17) is 4.74 Å². The molecule has 0 fully saturated rings. The monoisotopic (exact) mass is 425 g/mol. The summed E-state index contributed by atoms with van der Waals surface area (Å²) in [6.45, 7) is 7.38. The van der Waals surface area contributed by atoms with Crippen LogP contribution < -0.4 is 5.32 Å². The Balaban J connectivity index is 1.93. The second kappa shape index (κ2) is 11.8. The molecular weight excluding hydrogens is 394 g/mol. The van der Waals surface area contributed by atoms with Crippen molar-refractivity contribution in [2.24, 2.45) is 0 Å². The van der Waals surface area contributed by atoms with Gasteiger partial charge in [0.2, 0.25) is 0 Å². The number of carbonyl (C=O) groups excluding carboxylic acids is 1. The number of allylic oxidation sites excluding steroid dienone is 1. The molecule has 0 radical (unpaired) electrons. The Morgan fingerprint density at radius 1 is 0.812 bits per heavy atom. The van der Waals surface area contributed by atoms with Crippen LogP contribution in [0.4, 0.5) is 0 Å². The molecule has 32 heavy (non-hydrogen) atoms. The van der Waals surface area contributed by atoms with Crippen LogP contribution in [0.15, 0.2) is 91.5 Å². The maximum absolute atomic E-state index is 12.4. The molecule has 0 aromatic heterocycles. The van der Waals surface area contributed by atoms with Crippen molar-refractivity contribution < 1.29 is 9.53 Å². The quantitative estimate of drug-likeness (QED) is 0.238. The largest absolute Gasteiger partial charge is 0.385 e. The molecule has 0 saturated carbocycles. The molecule has 0 aliphatic rings. The third kappa shape index (κ3) is 5.83. The Bertz CT molecular complexity index is 1050. The number of benzene rings is 3. The highest BCUT2D eigenvalue weighted by molar-refractivity contribution is 6.18. The van der Waals surface area contributed by atoms with Crippen LogP contribution in [0.1, 0.15) is 42.0 Å². The molecule has 3 heteroatoms. The summed E-state index contributed by atoms with van der Waals surface area (Å²) in [7, 11) is 1.65. The first-order chi connectivity index (χ1) is 15.7. The fourth-order valence-corrected chi connectivity index (χ4v) is 3.78. The van der Waals surface area contributed by atoms with E-state index in [9.17, 15) is 4.79 Å². The highest BCUT2D eigenvalue weighted by atomic mass is 16.5. The molecule has 0 saturated heterocycles. The lowest BCUT2D eigenvalue weighted by atomic mass is 9.87. The first-order valence-electron chi connectivity index (χ1n) is 11.1. The number of hydrogen-bond acceptors (Lipinski definition) is 2. The van der Waals surface area contributed by atoms with Gasteiger partial charge in [-0.2, -0.15) is 0 Å². The Morgan fingerprint density at radius 2 is 1.34 bits per heavy atom. The maximum Gasteiger partial charge on any atom is 0.251 e. The van der Waals surface area contributed by atoms with E-state index in [0.717, 1.165) is 24.0 Å². The molecule has 3 rings (SSSR count). The summed E-state index contributed by atoms with van der Waals surface area (Å²) in [4.78, 5) is 12.4. The van der Waals surface area contributed by atoms with E-state index in [1.54, 1.807) is 7.11 Å². The molecule has 0 aliphatic carbocycles. The summed E-state index contributed by atoms with van der Waals surface area (Å²) in [5, 5.41) is 2.90. The molecule has 0 bridgehead atoms. The van der Waals surface area contributed by atoms with Gasteiger partial charge in [-0.05, 0) is 46.2 Å². The first kappa shape index (κ1) is 23.2. The molecule has 3 nitrogen and oxygen atoms in total. The zero-order valence-electron chi connectivity index (χ0n) is 18.9. The fraction of sp³-hybridized carbons (Fsp3) is 0.207. The predicted octanol–water partition coefficient (Wildman–Crippen LogP) is 6.22. The van der Waals surface area contributed by atoms with Crippen LogP contribution >= 0.6 is 0 Å². The van der Waals surface area contributed by atoms with Crippen molar-refractivity contribution in [2.75, 3.05) is 20.3 Å². The van der Waals surface area contributed by atoms with Gasteiger partial charge in [0.05, 0.1) is 0 Å². The van der Waals surface area contributed by atoms with Crippen LogP contribution in [0.3, 0.4) is 0 Å². The number of carbonyl (C=O) groups is 1. The smallest absolute Gasteiger partial charge is 0.251 e. The Hall–Kier alpha value is -3.43. The number of rotatable bonds is 10. The summed E-state index contributed by atoms with van der Waals surface area (Å²) in [5.74, 6) is -0.147. The van der Waals surface area contributed by atoms with Gasteiger partial charge in [0.25, 0.3) is 5.91 Å². The number of hydrogen-bond donors (Lipinski definition) is 1. The van der Waals surface area contributed by atoms with Crippen LogP contribution in [0.25, 0.3) is 16.7 Å². The van der Waals surface area contributed by atoms with Gasteiger partial charge in [-0.25, -0.2) is 0 Å². The van der Waals surface area contributed by atoms with Crippen molar-refractivity contribution in [3.63, 3.8) is 0 Å². The predicted molar refractivity (Wildman–Crippen MR) is 134 cm³/mol. The molecular formula is C29H31NO2. The van der Waals surface area contributed by atoms with Gasteiger partial charge in [0.1, 0.15) is 0 Å². The highest BCUT2D eigenvalue weighted by Crippen LogP contribution is 2.34. The maximum atomic E-state index is 12.4. The Labute approximate surface area is 191 Å². The Morgan fingerprint density at radius 3 is 1.91 bits per heavy atom. The minimum atomic E-state index is -0.147. The van der Waals surface area contributed by atoms with Gasteiger partial charge < -0.3 is 10.1 Å². The molecule has 0 spiro atoms. The fourth-order valence-electron chi connectivity index (χ4n) is 3.78. The minimum absolute atomic E-state index is 0.147. The standard InChI is InChI=1S/C29H31NO2/c1-4-27(24-12-7-5-8-13-24)28(25-14-9-6-10-15-25)26-18-16-23(17-19-26)22(2)29(31)30-20-11-21-32-3/h5-10,12-19H,2,4,11,20-21H2,1,3H3,(H,30,31). The first-order valence-corrected chi connectivity index (χ1v) is 11.1. The topological polar surface area (TPSA) is 38.3 Å². The summed E-state index contributed by atoms with van der Waals surface area (Å²) in [5.41, 5.74) is 7.31. The van der Waals surface area contributed by atoms with E-state index >= 15 is 0 Å². The molecule has 0 heterocycles. The minimum Gasteiger partial charge on any atom is -0.385 e. The number of methoxy groups -OCH3 is 1. The van der Waals surface area contributed by atoms with E-state index in [1.165, 1.54) is 22.3 Å². The number of amides is 1. The van der Waals surface area contributed by atoms with Crippen LogP contribution in [0.5, 0.6) is 0 Å². The number of ether oxygens (including phenoxy) is 1. The Kier molecular flexibility index (Phi) is 8.59. The van der Waals surface area contributed by atoms with E-state index in [2.05, 4.69) is 79.5 Å². The van der Waals surface area contributed by atoms with Gasteiger partial charge >= 0.3 is 0 Å². The lowest BCUT2D eigenvalue weighted by Gasteiger charge is -2.17. The molecule has 1 amide bonds. The normalized spacial score (nSPS) is 11.6. The SMILES string of the molecule is C=C(C(=O)NCCCOC)c1ccc(C(=C(CC)c2ccccc2)c2ccccc2)cc1. The molecule has 0 atom stereocenters. The lowest BCUT2D eigenvalue weighted by Crippen LogP contribution is -2.25. The zero-order chi connectivity index (χ0) is 22.8. The molecule has 1 N–H and O–H groups in total. The second-order valence-corrected chi connectivity index (χ2v) is 7.60. The molecule has 3 aromatic rings. The lowest BCUT2D eigenvalue weighted by molar-refractivity contribution is -0.115. The number of nitrogens with one attached hydrogen (secondary N) is 1. The van der Waals surface area contributed by atoms with Gasteiger partial charge in [0.15, 0.2) is 0 Å². The van der Waals surface area contributed by atoms with Crippen molar-refractivity contribution in [2.45, 2.75) is 19.8 Å². The average Bonchev–Trinajstić information content (AvgIpc) is 2.85. The van der Waals surface area contributed by atoms with Crippen LogP contribution in [0, 0.1) is 0 Å². The van der Waals surface area contributed by atoms with Crippen molar-refractivity contribution in [1.29, 1.82) is 0 Å². The molecule has 3 aromatic carbocycles. The average molecular weight is 426 g/mol. The van der Waals surface area contributed by atoms with E-state index in [0.29, 0.717) is 18.7 Å². The van der Waals surface area contributed by atoms with E-state index in [1.807, 2.05) is 24.3 Å². The highest BCUT2D eigenvalue weighted by Gasteiger charge is 2.14. The summed E-state index contributed by atoms with van der Waals surface area (Å²) < 4.78 is 5.02. The van der Waals surface area contributed by atoms with Crippen molar-refractivity contribution in [3.8, 4) is 0 Å². The van der Waals surface area contributed by atoms with Crippen LogP contribution in [-0.4, -0.2) is 26.2 Å².